The van der Waals surface area contributed by atoms with Crippen molar-refractivity contribution >= 4 is 38.7 Å². The first-order chi connectivity index (χ1) is 11.5. The molecule has 2 heterocycles. The van der Waals surface area contributed by atoms with Gasteiger partial charge in [-0.1, -0.05) is 0 Å². The number of ether oxygens (including phenoxy) is 1. The lowest BCUT2D eigenvalue weighted by Crippen LogP contribution is -2.23. The van der Waals surface area contributed by atoms with Gasteiger partial charge in [-0.2, -0.15) is 0 Å². The number of aromatic nitrogens is 2. The highest BCUT2D eigenvalue weighted by molar-refractivity contribution is 9.10. The van der Waals surface area contributed by atoms with E-state index in [0.29, 0.717) is 4.60 Å². The minimum Gasteiger partial charge on any atom is -0.422 e. The third-order valence-electron chi connectivity index (χ3n) is 3.10. The largest absolute Gasteiger partial charge is 0.422 e. The zero-order chi connectivity index (χ0) is 17.3. The highest BCUT2D eigenvalue weighted by Gasteiger charge is 2.17. The van der Waals surface area contributed by atoms with Crippen molar-refractivity contribution in [2.45, 2.75) is 6.54 Å². The van der Waals surface area contributed by atoms with E-state index in [4.69, 9.17) is 9.15 Å². The number of fused-ring (bicyclic) bond motifs is 1. The summed E-state index contributed by atoms with van der Waals surface area (Å²) in [6.45, 7) is -0.412. The summed E-state index contributed by atoms with van der Waals surface area (Å²) in [6, 6.07) is 6.80. The van der Waals surface area contributed by atoms with Crippen LogP contribution in [0.3, 0.4) is 0 Å². The van der Waals surface area contributed by atoms with E-state index in [1.54, 1.807) is 6.07 Å². The second-order valence-corrected chi connectivity index (χ2v) is 5.38. The van der Waals surface area contributed by atoms with Gasteiger partial charge in [0.25, 0.3) is 5.69 Å². The molecule has 0 saturated carbocycles. The number of carbonyl (C=O) groups excluding carboxylic acids is 1. The Balaban J connectivity index is 1.88. The molecule has 0 amide bonds. The van der Waals surface area contributed by atoms with E-state index in [2.05, 4.69) is 20.9 Å². The second kappa shape index (κ2) is 6.24. The Labute approximate surface area is 141 Å². The van der Waals surface area contributed by atoms with Crippen LogP contribution in [0.4, 0.5) is 5.69 Å². The Morgan fingerprint density at radius 2 is 2.21 bits per heavy atom. The SMILES string of the molecule is O=C(Cn1c(=O)oc2cc([N+](=O)[O-])ccc21)Oc1cccnc1Br. The van der Waals surface area contributed by atoms with E-state index in [-0.39, 0.29) is 22.5 Å². The number of esters is 1. The Morgan fingerprint density at radius 3 is 2.92 bits per heavy atom. The van der Waals surface area contributed by atoms with Crippen LogP contribution in [0.2, 0.25) is 0 Å². The molecule has 9 nitrogen and oxygen atoms in total. The average Bonchev–Trinajstić information content (AvgIpc) is 2.84. The van der Waals surface area contributed by atoms with Gasteiger partial charge in [-0.05, 0) is 34.1 Å². The summed E-state index contributed by atoms with van der Waals surface area (Å²) in [5, 5.41) is 10.7. The first-order valence-electron chi connectivity index (χ1n) is 6.54. The molecular weight excluding hydrogens is 386 g/mol. The topological polar surface area (TPSA) is 117 Å². The molecule has 0 aliphatic heterocycles. The summed E-state index contributed by atoms with van der Waals surface area (Å²) in [5.74, 6) is -1.32. The van der Waals surface area contributed by atoms with Gasteiger partial charge in [0, 0.05) is 12.3 Å². The summed E-state index contributed by atoms with van der Waals surface area (Å²) in [5.41, 5.74) is 0.0580. The van der Waals surface area contributed by atoms with Crippen LogP contribution in [0, 0.1) is 10.1 Å². The quantitative estimate of drug-likeness (QED) is 0.288. The first-order valence-corrected chi connectivity index (χ1v) is 7.34. The number of rotatable bonds is 4. The predicted molar refractivity (Wildman–Crippen MR) is 84.7 cm³/mol. The number of hydrogen-bond acceptors (Lipinski definition) is 7. The molecule has 0 N–H and O–H groups in total. The van der Waals surface area contributed by atoms with Crippen molar-refractivity contribution < 1.29 is 18.9 Å². The number of oxazole rings is 1. The minimum absolute atomic E-state index is 0.0181. The lowest BCUT2D eigenvalue weighted by Gasteiger charge is -2.05. The number of non-ortho nitro benzene ring substituents is 1. The van der Waals surface area contributed by atoms with Crippen LogP contribution in [0.15, 0.2) is 50.3 Å². The average molecular weight is 394 g/mol. The molecule has 0 unspecified atom stereocenters. The van der Waals surface area contributed by atoms with Gasteiger partial charge in [0.05, 0.1) is 16.5 Å². The van der Waals surface area contributed by atoms with Crippen LogP contribution in [0.5, 0.6) is 5.75 Å². The van der Waals surface area contributed by atoms with Crippen molar-refractivity contribution in [3.8, 4) is 5.75 Å². The van der Waals surface area contributed by atoms with Crippen LogP contribution >= 0.6 is 15.9 Å². The molecule has 2 aromatic heterocycles. The molecule has 24 heavy (non-hydrogen) atoms. The van der Waals surface area contributed by atoms with Crippen LogP contribution in [-0.4, -0.2) is 20.4 Å². The van der Waals surface area contributed by atoms with Crippen LogP contribution in [-0.2, 0) is 11.3 Å². The monoisotopic (exact) mass is 393 g/mol. The van der Waals surface area contributed by atoms with Crippen molar-refractivity contribution in [2.75, 3.05) is 0 Å². The van der Waals surface area contributed by atoms with Crippen molar-refractivity contribution in [1.29, 1.82) is 0 Å². The Bertz CT molecular complexity index is 1010. The lowest BCUT2D eigenvalue weighted by molar-refractivity contribution is -0.384. The van der Waals surface area contributed by atoms with Crippen LogP contribution in [0.1, 0.15) is 0 Å². The maximum absolute atomic E-state index is 12.0. The normalized spacial score (nSPS) is 10.7. The zero-order valence-corrected chi connectivity index (χ0v) is 13.4. The van der Waals surface area contributed by atoms with Gasteiger partial charge in [-0.3, -0.25) is 14.7 Å². The Kier molecular flexibility index (Phi) is 4.13. The number of halogens is 1. The van der Waals surface area contributed by atoms with Gasteiger partial charge < -0.3 is 9.15 Å². The summed E-state index contributed by atoms with van der Waals surface area (Å²) >= 11 is 3.14. The van der Waals surface area contributed by atoms with Gasteiger partial charge >= 0.3 is 11.7 Å². The highest BCUT2D eigenvalue weighted by Crippen LogP contribution is 2.22. The predicted octanol–water partition coefficient (Wildman–Crippen LogP) is 2.27. The van der Waals surface area contributed by atoms with Gasteiger partial charge in [0.1, 0.15) is 11.1 Å². The number of carbonyl (C=O) groups is 1. The van der Waals surface area contributed by atoms with Crippen molar-refractivity contribution in [3.05, 3.63) is 61.8 Å². The van der Waals surface area contributed by atoms with Gasteiger partial charge in [-0.15, -0.1) is 0 Å². The number of nitrogens with zero attached hydrogens (tertiary/aromatic N) is 3. The molecule has 0 aliphatic rings. The van der Waals surface area contributed by atoms with Crippen LogP contribution < -0.4 is 10.5 Å². The summed E-state index contributed by atoms with van der Waals surface area (Å²) in [4.78, 5) is 37.9. The summed E-state index contributed by atoms with van der Waals surface area (Å²) in [6.07, 6.45) is 1.52. The molecule has 122 valence electrons. The number of hydrogen-bond donors (Lipinski definition) is 0. The smallest absolute Gasteiger partial charge is 0.420 e. The number of benzene rings is 1. The van der Waals surface area contributed by atoms with E-state index in [1.807, 2.05) is 0 Å². The van der Waals surface area contributed by atoms with E-state index in [1.165, 1.54) is 24.4 Å². The molecule has 0 bridgehead atoms. The third kappa shape index (κ3) is 3.04. The second-order valence-electron chi connectivity index (χ2n) is 4.63. The van der Waals surface area contributed by atoms with Crippen molar-refractivity contribution in [1.82, 2.24) is 9.55 Å². The van der Waals surface area contributed by atoms with E-state index in [9.17, 15) is 19.7 Å². The fourth-order valence-corrected chi connectivity index (χ4v) is 2.38. The van der Waals surface area contributed by atoms with E-state index in [0.717, 1.165) is 10.6 Å². The van der Waals surface area contributed by atoms with Gasteiger partial charge in [0.2, 0.25) is 0 Å². The molecule has 0 fully saturated rings. The molecule has 0 radical (unpaired) electrons. The zero-order valence-electron chi connectivity index (χ0n) is 11.8. The fraction of sp³-hybridized carbons (Fsp3) is 0.0714. The molecule has 1 aromatic carbocycles. The number of nitro benzene ring substituents is 1. The van der Waals surface area contributed by atoms with Crippen molar-refractivity contribution in [3.63, 3.8) is 0 Å². The first kappa shape index (κ1) is 15.9. The molecule has 10 heteroatoms. The molecular formula is C14H8BrN3O6. The fourth-order valence-electron chi connectivity index (χ4n) is 2.05. The molecule has 3 aromatic rings. The number of pyridine rings is 1. The maximum atomic E-state index is 12.0. The van der Waals surface area contributed by atoms with E-state index < -0.39 is 23.2 Å². The minimum atomic E-state index is -0.812. The molecule has 3 rings (SSSR count). The van der Waals surface area contributed by atoms with Gasteiger partial charge in [-0.25, -0.2) is 14.6 Å². The molecule has 0 atom stereocenters. The molecule has 0 aliphatic carbocycles. The van der Waals surface area contributed by atoms with Crippen LogP contribution in [0.25, 0.3) is 11.1 Å². The highest BCUT2D eigenvalue weighted by atomic mass is 79.9. The third-order valence-corrected chi connectivity index (χ3v) is 3.69. The van der Waals surface area contributed by atoms with Crippen molar-refractivity contribution in [2.24, 2.45) is 0 Å². The van der Waals surface area contributed by atoms with E-state index >= 15 is 0 Å². The van der Waals surface area contributed by atoms with Gasteiger partial charge in [0.15, 0.2) is 11.3 Å². The summed E-state index contributed by atoms with van der Waals surface area (Å²) in [7, 11) is 0. The maximum Gasteiger partial charge on any atom is 0.420 e. The molecule has 0 saturated heterocycles. The summed E-state index contributed by atoms with van der Waals surface area (Å²) < 4.78 is 11.4. The lowest BCUT2D eigenvalue weighted by atomic mass is 10.3. The number of nitro groups is 1. The molecule has 0 spiro atoms. The Morgan fingerprint density at radius 1 is 1.42 bits per heavy atom. The standard InChI is InChI=1S/C14H8BrN3O6/c15-13-10(2-1-5-16-13)23-12(19)7-17-9-4-3-8(18(21)22)6-11(9)24-14(17)20/h1-6H,7H2. The Hall–Kier alpha value is -3.01.